The summed E-state index contributed by atoms with van der Waals surface area (Å²) >= 11 is 0. The first-order valence-corrected chi connectivity index (χ1v) is 3.05. The molecule has 0 amide bonds. The second-order valence-corrected chi connectivity index (χ2v) is 2.10. The smallest absolute Gasteiger partial charge is 0.427 e. The topological polar surface area (TPSA) is 49.7 Å². The van der Waals surface area contributed by atoms with Crippen LogP contribution in [-0.2, 0) is 4.74 Å². The normalized spacial score (nSPS) is 13.3. The van der Waals surface area contributed by atoms with E-state index in [9.17, 15) is 0 Å². The minimum Gasteiger partial charge on any atom is -0.427 e. The van der Waals surface area contributed by atoms with Crippen molar-refractivity contribution in [3.8, 4) is 0 Å². The highest BCUT2D eigenvalue weighted by atomic mass is 16.5. The van der Waals surface area contributed by atoms with Gasteiger partial charge in [0.1, 0.15) is 0 Å². The third-order valence-corrected chi connectivity index (χ3v) is 1.23. The zero-order valence-electron chi connectivity index (χ0n) is 5.87. The maximum absolute atomic E-state index is 8.40. The molecule has 0 aliphatic rings. The van der Waals surface area contributed by atoms with Gasteiger partial charge in [-0.3, -0.25) is 0 Å². The fourth-order valence-electron chi connectivity index (χ4n) is 0.502. The van der Waals surface area contributed by atoms with Crippen molar-refractivity contribution in [3.05, 3.63) is 0 Å². The minimum atomic E-state index is -1.19. The maximum atomic E-state index is 8.40. The lowest BCUT2D eigenvalue weighted by Crippen LogP contribution is -2.14. The van der Waals surface area contributed by atoms with Crippen LogP contribution in [-0.4, -0.2) is 30.4 Å². The summed E-state index contributed by atoms with van der Waals surface area (Å²) in [7, 11) is 0.414. The van der Waals surface area contributed by atoms with Crippen molar-refractivity contribution >= 4 is 7.12 Å². The molecule has 0 aromatic rings. The highest BCUT2D eigenvalue weighted by Crippen LogP contribution is 2.00. The molecule has 1 atom stereocenters. The second-order valence-electron chi connectivity index (χ2n) is 2.10. The fraction of sp³-hybridized carbons (Fsp3) is 1.00. The first kappa shape index (κ1) is 8.94. The van der Waals surface area contributed by atoms with E-state index in [0.717, 1.165) is 0 Å². The van der Waals surface area contributed by atoms with Crippen LogP contribution in [0.5, 0.6) is 0 Å². The molecule has 0 saturated carbocycles. The average molecular weight is 132 g/mol. The molecule has 0 spiro atoms. The van der Waals surface area contributed by atoms with Gasteiger partial charge >= 0.3 is 7.12 Å². The third kappa shape index (κ3) is 5.82. The van der Waals surface area contributed by atoms with Crippen molar-refractivity contribution < 1.29 is 14.8 Å². The predicted molar refractivity (Wildman–Crippen MR) is 36.1 cm³/mol. The molecule has 1 unspecified atom stereocenters. The van der Waals surface area contributed by atoms with E-state index >= 15 is 0 Å². The van der Waals surface area contributed by atoms with Gasteiger partial charge in [-0.2, -0.15) is 0 Å². The third-order valence-electron chi connectivity index (χ3n) is 1.23. The lowest BCUT2D eigenvalue weighted by atomic mass is 9.83. The first-order valence-electron chi connectivity index (χ1n) is 3.05. The molecule has 0 heterocycles. The standard InChI is InChI=1S/C5H13BO3/c1-5(9-2)3-4-6(7)8/h5,7-8H,3-4H2,1-2H3. The minimum absolute atomic E-state index is 0.117. The monoisotopic (exact) mass is 132 g/mol. The van der Waals surface area contributed by atoms with E-state index in [4.69, 9.17) is 14.8 Å². The summed E-state index contributed by atoms with van der Waals surface area (Å²) in [4.78, 5) is 0. The van der Waals surface area contributed by atoms with Gasteiger partial charge in [0.15, 0.2) is 0 Å². The molecular formula is C5H13BO3. The SMILES string of the molecule is COC(C)CCB(O)O. The maximum Gasteiger partial charge on any atom is 0.451 e. The summed E-state index contributed by atoms with van der Waals surface area (Å²) in [6.45, 7) is 1.89. The lowest BCUT2D eigenvalue weighted by molar-refractivity contribution is 0.113. The molecule has 0 aromatic carbocycles. The van der Waals surface area contributed by atoms with Gasteiger partial charge in [-0.1, -0.05) is 0 Å². The zero-order valence-corrected chi connectivity index (χ0v) is 5.87. The largest absolute Gasteiger partial charge is 0.451 e. The Bertz CT molecular complexity index is 67.2. The Morgan fingerprint density at radius 2 is 2.11 bits per heavy atom. The number of rotatable bonds is 4. The van der Waals surface area contributed by atoms with Gasteiger partial charge in [0.2, 0.25) is 0 Å². The van der Waals surface area contributed by atoms with Gasteiger partial charge in [-0.25, -0.2) is 0 Å². The summed E-state index contributed by atoms with van der Waals surface area (Å²) < 4.78 is 4.88. The number of hydrogen-bond donors (Lipinski definition) is 2. The van der Waals surface area contributed by atoms with E-state index in [1.807, 2.05) is 6.92 Å². The molecule has 0 fully saturated rings. The summed E-state index contributed by atoms with van der Waals surface area (Å²) in [6, 6.07) is 0. The van der Waals surface area contributed by atoms with E-state index in [2.05, 4.69) is 0 Å². The molecule has 0 aliphatic heterocycles. The van der Waals surface area contributed by atoms with Crippen LogP contribution in [0.3, 0.4) is 0 Å². The van der Waals surface area contributed by atoms with Gasteiger partial charge < -0.3 is 14.8 Å². The van der Waals surface area contributed by atoms with Crippen LogP contribution in [0.1, 0.15) is 13.3 Å². The molecule has 0 aromatic heterocycles. The molecule has 0 aliphatic carbocycles. The summed E-state index contributed by atoms with van der Waals surface area (Å²) in [5.74, 6) is 0. The Morgan fingerprint density at radius 1 is 1.56 bits per heavy atom. The van der Waals surface area contributed by atoms with E-state index in [-0.39, 0.29) is 6.10 Å². The molecule has 0 rings (SSSR count). The summed E-state index contributed by atoms with van der Waals surface area (Å²) in [6.07, 6.45) is 1.19. The Hall–Kier alpha value is -0.0551. The first-order chi connectivity index (χ1) is 4.16. The van der Waals surface area contributed by atoms with Crippen molar-refractivity contribution in [1.82, 2.24) is 0 Å². The van der Waals surface area contributed by atoms with Gasteiger partial charge in [-0.05, 0) is 19.7 Å². The van der Waals surface area contributed by atoms with Gasteiger partial charge in [-0.15, -0.1) is 0 Å². The summed E-state index contributed by atoms with van der Waals surface area (Å²) in [5.41, 5.74) is 0. The predicted octanol–water partition coefficient (Wildman–Crippen LogP) is -0.116. The molecule has 0 bridgehead atoms. The molecule has 9 heavy (non-hydrogen) atoms. The van der Waals surface area contributed by atoms with Gasteiger partial charge in [0, 0.05) is 7.11 Å². The Balaban J connectivity index is 3.06. The zero-order chi connectivity index (χ0) is 7.28. The fourth-order valence-corrected chi connectivity index (χ4v) is 0.502. The molecule has 2 N–H and O–H groups in total. The summed E-state index contributed by atoms with van der Waals surface area (Å²) in [5, 5.41) is 16.8. The van der Waals surface area contributed by atoms with E-state index in [1.54, 1.807) is 7.11 Å². The molecule has 0 radical (unpaired) electrons. The molecule has 54 valence electrons. The van der Waals surface area contributed by atoms with E-state index in [1.165, 1.54) is 0 Å². The molecule has 0 saturated heterocycles. The molecule has 4 heteroatoms. The van der Waals surface area contributed by atoms with Crippen LogP contribution in [0, 0.1) is 0 Å². The van der Waals surface area contributed by atoms with Crippen LogP contribution < -0.4 is 0 Å². The number of hydrogen-bond acceptors (Lipinski definition) is 3. The van der Waals surface area contributed by atoms with Crippen LogP contribution >= 0.6 is 0 Å². The number of methoxy groups -OCH3 is 1. The van der Waals surface area contributed by atoms with Crippen molar-refractivity contribution in [2.75, 3.05) is 7.11 Å². The van der Waals surface area contributed by atoms with Crippen molar-refractivity contribution in [3.63, 3.8) is 0 Å². The van der Waals surface area contributed by atoms with E-state index in [0.29, 0.717) is 12.7 Å². The molecule has 3 nitrogen and oxygen atoms in total. The van der Waals surface area contributed by atoms with Gasteiger partial charge in [0.05, 0.1) is 6.10 Å². The number of ether oxygens (including phenoxy) is 1. The quantitative estimate of drug-likeness (QED) is 0.524. The Morgan fingerprint density at radius 3 is 2.44 bits per heavy atom. The lowest BCUT2D eigenvalue weighted by Gasteiger charge is -2.06. The second kappa shape index (κ2) is 4.79. The van der Waals surface area contributed by atoms with E-state index < -0.39 is 7.12 Å². The Kier molecular flexibility index (Phi) is 4.76. The Labute approximate surface area is 55.8 Å². The van der Waals surface area contributed by atoms with Crippen LogP contribution in [0.15, 0.2) is 0 Å². The van der Waals surface area contributed by atoms with Crippen LogP contribution in [0.2, 0.25) is 6.32 Å². The highest BCUT2D eigenvalue weighted by Gasteiger charge is 2.08. The molecular weight excluding hydrogens is 119 g/mol. The average Bonchev–Trinajstić information content (AvgIpc) is 1.83. The van der Waals surface area contributed by atoms with Crippen molar-refractivity contribution in [1.29, 1.82) is 0 Å². The van der Waals surface area contributed by atoms with Crippen LogP contribution in [0.4, 0.5) is 0 Å². The van der Waals surface area contributed by atoms with Crippen molar-refractivity contribution in [2.24, 2.45) is 0 Å². The highest BCUT2D eigenvalue weighted by molar-refractivity contribution is 6.40. The van der Waals surface area contributed by atoms with Crippen molar-refractivity contribution in [2.45, 2.75) is 25.8 Å². The van der Waals surface area contributed by atoms with Gasteiger partial charge in [0.25, 0.3) is 0 Å². The van der Waals surface area contributed by atoms with Crippen LogP contribution in [0.25, 0.3) is 0 Å².